The molecule has 0 spiro atoms. The summed E-state index contributed by atoms with van der Waals surface area (Å²) in [5.41, 5.74) is 0.0967. The van der Waals surface area contributed by atoms with E-state index in [9.17, 15) is 9.59 Å². The Kier molecular flexibility index (Phi) is 4.42. The minimum absolute atomic E-state index is 0.211. The summed E-state index contributed by atoms with van der Waals surface area (Å²) >= 11 is 0. The summed E-state index contributed by atoms with van der Waals surface area (Å²) in [4.78, 5) is 23.2. The van der Waals surface area contributed by atoms with Crippen molar-refractivity contribution in [2.24, 2.45) is 0 Å². The third-order valence-electron chi connectivity index (χ3n) is 3.78. The van der Waals surface area contributed by atoms with Crippen LogP contribution in [0.2, 0.25) is 0 Å². The number of ether oxygens (including phenoxy) is 1. The topological polar surface area (TPSA) is 55.4 Å². The third-order valence-corrected chi connectivity index (χ3v) is 3.78. The zero-order valence-electron chi connectivity index (χ0n) is 12.1. The summed E-state index contributed by atoms with van der Waals surface area (Å²) in [7, 11) is 0. The van der Waals surface area contributed by atoms with Crippen molar-refractivity contribution in [2.75, 3.05) is 6.61 Å². The van der Waals surface area contributed by atoms with Gasteiger partial charge in [-0.2, -0.15) is 0 Å². The lowest BCUT2D eigenvalue weighted by Gasteiger charge is -2.20. The Hall–Kier alpha value is -1.84. The molecule has 1 aromatic carbocycles. The van der Waals surface area contributed by atoms with Crippen LogP contribution in [0.4, 0.5) is 0 Å². The SMILES string of the molecule is CCCCCOc1ccc(C2(C)CC(=O)NC2=O)cc1. The molecule has 1 N–H and O–H groups in total. The molecule has 0 saturated carbocycles. The van der Waals surface area contributed by atoms with E-state index in [-0.39, 0.29) is 18.2 Å². The number of nitrogens with one attached hydrogen (secondary N) is 1. The highest BCUT2D eigenvalue weighted by atomic mass is 16.5. The van der Waals surface area contributed by atoms with Crippen LogP contribution in [-0.2, 0) is 15.0 Å². The van der Waals surface area contributed by atoms with Gasteiger partial charge in [-0.05, 0) is 31.0 Å². The van der Waals surface area contributed by atoms with Crippen molar-refractivity contribution in [2.45, 2.75) is 44.9 Å². The number of hydrogen-bond acceptors (Lipinski definition) is 3. The summed E-state index contributed by atoms with van der Waals surface area (Å²) < 4.78 is 5.64. The van der Waals surface area contributed by atoms with Crippen LogP contribution in [0.3, 0.4) is 0 Å². The molecule has 2 amide bonds. The van der Waals surface area contributed by atoms with Crippen molar-refractivity contribution in [1.29, 1.82) is 0 Å². The quantitative estimate of drug-likeness (QED) is 0.641. The van der Waals surface area contributed by atoms with E-state index in [0.29, 0.717) is 6.61 Å². The molecule has 0 bridgehead atoms. The largest absolute Gasteiger partial charge is 0.494 e. The molecule has 20 heavy (non-hydrogen) atoms. The highest BCUT2D eigenvalue weighted by molar-refractivity contribution is 6.08. The van der Waals surface area contributed by atoms with E-state index in [1.54, 1.807) is 6.92 Å². The fourth-order valence-electron chi connectivity index (χ4n) is 2.40. The van der Waals surface area contributed by atoms with Gasteiger partial charge in [0.2, 0.25) is 11.8 Å². The Morgan fingerprint density at radius 1 is 1.20 bits per heavy atom. The van der Waals surface area contributed by atoms with Crippen LogP contribution in [0.1, 0.15) is 45.1 Å². The molecule has 0 aromatic heterocycles. The highest BCUT2D eigenvalue weighted by Gasteiger charge is 2.43. The fourth-order valence-corrected chi connectivity index (χ4v) is 2.40. The lowest BCUT2D eigenvalue weighted by molar-refractivity contribution is -0.126. The second-order valence-corrected chi connectivity index (χ2v) is 5.47. The predicted molar refractivity (Wildman–Crippen MR) is 76.6 cm³/mol. The Bertz CT molecular complexity index is 495. The molecule has 4 nitrogen and oxygen atoms in total. The Labute approximate surface area is 119 Å². The molecule has 0 radical (unpaired) electrons. The van der Waals surface area contributed by atoms with Gasteiger partial charge in [0.1, 0.15) is 5.75 Å². The minimum atomic E-state index is -0.752. The first-order chi connectivity index (χ1) is 9.56. The molecular weight excluding hydrogens is 254 g/mol. The van der Waals surface area contributed by atoms with Gasteiger partial charge < -0.3 is 4.74 Å². The van der Waals surface area contributed by atoms with Crippen LogP contribution in [0.5, 0.6) is 5.75 Å². The van der Waals surface area contributed by atoms with Crippen LogP contribution in [0.25, 0.3) is 0 Å². The molecule has 1 atom stereocenters. The van der Waals surface area contributed by atoms with Crippen LogP contribution in [-0.4, -0.2) is 18.4 Å². The lowest BCUT2D eigenvalue weighted by atomic mass is 9.81. The summed E-state index contributed by atoms with van der Waals surface area (Å²) in [5, 5.41) is 2.36. The van der Waals surface area contributed by atoms with Gasteiger partial charge >= 0.3 is 0 Å². The van der Waals surface area contributed by atoms with Gasteiger partial charge in [0, 0.05) is 6.42 Å². The summed E-state index contributed by atoms with van der Waals surface area (Å²) in [5.74, 6) is 0.370. The summed E-state index contributed by atoms with van der Waals surface area (Å²) in [6, 6.07) is 7.46. The van der Waals surface area contributed by atoms with Crippen molar-refractivity contribution in [3.05, 3.63) is 29.8 Å². The van der Waals surface area contributed by atoms with E-state index in [0.717, 1.165) is 17.7 Å². The van der Waals surface area contributed by atoms with Gasteiger partial charge in [0.05, 0.1) is 12.0 Å². The first-order valence-electron chi connectivity index (χ1n) is 7.14. The molecule has 4 heteroatoms. The molecule has 0 aliphatic carbocycles. The monoisotopic (exact) mass is 275 g/mol. The maximum absolute atomic E-state index is 11.9. The van der Waals surface area contributed by atoms with Crippen molar-refractivity contribution >= 4 is 11.8 Å². The second kappa shape index (κ2) is 6.07. The van der Waals surface area contributed by atoms with Crippen LogP contribution < -0.4 is 10.1 Å². The molecule has 1 aliphatic heterocycles. The Morgan fingerprint density at radius 3 is 2.45 bits per heavy atom. The number of carbonyl (C=O) groups is 2. The Morgan fingerprint density at radius 2 is 1.90 bits per heavy atom. The fraction of sp³-hybridized carbons (Fsp3) is 0.500. The maximum Gasteiger partial charge on any atom is 0.237 e. The molecule has 1 fully saturated rings. The van der Waals surface area contributed by atoms with E-state index in [2.05, 4.69) is 12.2 Å². The third kappa shape index (κ3) is 3.00. The molecule has 1 heterocycles. The van der Waals surface area contributed by atoms with E-state index in [1.165, 1.54) is 12.8 Å². The predicted octanol–water partition coefficient (Wildman–Crippen LogP) is 2.56. The van der Waals surface area contributed by atoms with E-state index >= 15 is 0 Å². The molecule has 1 aliphatic rings. The van der Waals surface area contributed by atoms with Gasteiger partial charge in [-0.3, -0.25) is 14.9 Å². The number of benzene rings is 1. The molecular formula is C16H21NO3. The van der Waals surface area contributed by atoms with E-state index in [1.807, 2.05) is 24.3 Å². The molecule has 1 saturated heterocycles. The zero-order valence-corrected chi connectivity index (χ0v) is 12.1. The van der Waals surface area contributed by atoms with Crippen LogP contribution >= 0.6 is 0 Å². The van der Waals surface area contributed by atoms with Gasteiger partial charge in [-0.25, -0.2) is 0 Å². The molecule has 108 valence electrons. The first-order valence-corrected chi connectivity index (χ1v) is 7.14. The van der Waals surface area contributed by atoms with E-state index < -0.39 is 5.41 Å². The minimum Gasteiger partial charge on any atom is -0.494 e. The number of imide groups is 1. The number of rotatable bonds is 6. The van der Waals surface area contributed by atoms with Gasteiger partial charge in [0.25, 0.3) is 0 Å². The van der Waals surface area contributed by atoms with Crippen molar-refractivity contribution in [3.8, 4) is 5.75 Å². The maximum atomic E-state index is 11.9. The van der Waals surface area contributed by atoms with E-state index in [4.69, 9.17) is 4.74 Å². The van der Waals surface area contributed by atoms with Crippen LogP contribution in [0.15, 0.2) is 24.3 Å². The average Bonchev–Trinajstić information content (AvgIpc) is 2.70. The van der Waals surface area contributed by atoms with Gasteiger partial charge in [0.15, 0.2) is 0 Å². The van der Waals surface area contributed by atoms with Crippen LogP contribution in [0, 0.1) is 0 Å². The highest BCUT2D eigenvalue weighted by Crippen LogP contribution is 2.32. The van der Waals surface area contributed by atoms with Crippen molar-refractivity contribution in [1.82, 2.24) is 5.32 Å². The zero-order chi connectivity index (χ0) is 14.6. The lowest BCUT2D eigenvalue weighted by Crippen LogP contribution is -2.32. The summed E-state index contributed by atoms with van der Waals surface area (Å²) in [6.07, 6.45) is 3.59. The number of unbranched alkanes of at least 4 members (excludes halogenated alkanes) is 2. The first kappa shape index (κ1) is 14.6. The normalized spacial score (nSPS) is 21.9. The summed E-state index contributed by atoms with van der Waals surface area (Å²) in [6.45, 7) is 4.66. The number of carbonyl (C=O) groups excluding carboxylic acids is 2. The Balaban J connectivity index is 2.01. The standard InChI is InChI=1S/C16H21NO3/c1-3-4-5-10-20-13-8-6-12(7-9-13)16(2)11-14(18)17-15(16)19/h6-9H,3-5,10-11H2,1-2H3,(H,17,18,19). The average molecular weight is 275 g/mol. The molecule has 1 aromatic rings. The van der Waals surface area contributed by atoms with Gasteiger partial charge in [-0.1, -0.05) is 31.9 Å². The second-order valence-electron chi connectivity index (χ2n) is 5.47. The number of hydrogen-bond donors (Lipinski definition) is 1. The van der Waals surface area contributed by atoms with Gasteiger partial charge in [-0.15, -0.1) is 0 Å². The smallest absolute Gasteiger partial charge is 0.237 e. The van der Waals surface area contributed by atoms with Crippen molar-refractivity contribution < 1.29 is 14.3 Å². The number of amides is 2. The molecule has 1 unspecified atom stereocenters. The van der Waals surface area contributed by atoms with Crippen molar-refractivity contribution in [3.63, 3.8) is 0 Å². The molecule has 2 rings (SSSR count).